The van der Waals surface area contributed by atoms with E-state index in [1.807, 2.05) is 24.3 Å². The number of benzene rings is 1. The molecule has 3 heteroatoms. The Bertz CT molecular complexity index is 310. The third-order valence-corrected chi connectivity index (χ3v) is 1.91. The number of nitrogen functional groups attached to an aromatic ring is 1. The molecule has 0 amide bonds. The van der Waals surface area contributed by atoms with E-state index in [-0.39, 0.29) is 6.61 Å². The molecule has 0 fully saturated rings. The number of hydrogen-bond donors (Lipinski definition) is 2. The average Bonchev–Trinajstić information content (AvgIpc) is 2.16. The number of aliphatic hydroxyl groups is 1. The number of hydrogen-bond acceptors (Lipinski definition) is 2. The maximum Gasteiger partial charge on any atom is 0.0702 e. The largest absolute Gasteiger partial charge is 0.398 e. The van der Waals surface area contributed by atoms with E-state index in [4.69, 9.17) is 22.4 Å². The number of allylic oxidation sites excluding steroid dienone is 1. The summed E-state index contributed by atoms with van der Waals surface area (Å²) in [5.41, 5.74) is 7.98. The van der Waals surface area contributed by atoms with Gasteiger partial charge in [0.25, 0.3) is 0 Å². The predicted molar refractivity (Wildman–Crippen MR) is 56.5 cm³/mol. The van der Waals surface area contributed by atoms with E-state index in [0.29, 0.717) is 11.6 Å². The lowest BCUT2D eigenvalue weighted by Crippen LogP contribution is -1.93. The Kier molecular flexibility index (Phi) is 3.80. The summed E-state index contributed by atoms with van der Waals surface area (Å²) >= 11 is 5.50. The first-order valence-electron chi connectivity index (χ1n) is 3.99. The number of anilines is 1. The zero-order valence-corrected chi connectivity index (χ0v) is 7.96. The summed E-state index contributed by atoms with van der Waals surface area (Å²) in [5, 5.41) is 8.94. The highest BCUT2D eigenvalue weighted by atomic mass is 35.5. The van der Waals surface area contributed by atoms with Crippen LogP contribution in [-0.4, -0.2) is 11.0 Å². The van der Waals surface area contributed by atoms with Crippen LogP contribution in [0.4, 0.5) is 5.69 Å². The summed E-state index contributed by atoms with van der Waals surface area (Å²) < 4.78 is 0. The van der Waals surface area contributed by atoms with Gasteiger partial charge in [0.05, 0.1) is 6.61 Å². The van der Waals surface area contributed by atoms with E-state index in [0.717, 1.165) is 11.1 Å². The molecule has 1 aromatic carbocycles. The van der Waals surface area contributed by atoms with Gasteiger partial charge >= 0.3 is 0 Å². The van der Waals surface area contributed by atoms with E-state index in [1.54, 1.807) is 6.07 Å². The molecule has 70 valence electrons. The SMILES string of the molecule is Nc1ccc(C=CCCl)cc1CO. The molecular formula is C10H12ClNO. The summed E-state index contributed by atoms with van der Waals surface area (Å²) in [7, 11) is 0. The van der Waals surface area contributed by atoms with Crippen LogP contribution in [0.1, 0.15) is 11.1 Å². The Morgan fingerprint density at radius 1 is 1.46 bits per heavy atom. The molecule has 0 saturated carbocycles. The molecule has 13 heavy (non-hydrogen) atoms. The minimum Gasteiger partial charge on any atom is -0.398 e. The van der Waals surface area contributed by atoms with Crippen LogP contribution >= 0.6 is 11.6 Å². The van der Waals surface area contributed by atoms with Crippen LogP contribution in [0.25, 0.3) is 6.08 Å². The van der Waals surface area contributed by atoms with Crippen molar-refractivity contribution < 1.29 is 5.11 Å². The summed E-state index contributed by atoms with van der Waals surface area (Å²) in [6.07, 6.45) is 3.74. The van der Waals surface area contributed by atoms with Gasteiger partial charge in [0.1, 0.15) is 0 Å². The molecule has 0 heterocycles. The Morgan fingerprint density at radius 2 is 2.23 bits per heavy atom. The highest BCUT2D eigenvalue weighted by Gasteiger charge is 1.96. The molecule has 0 unspecified atom stereocenters. The Hall–Kier alpha value is -0.990. The number of alkyl halides is 1. The zero-order chi connectivity index (χ0) is 9.68. The van der Waals surface area contributed by atoms with Crippen LogP contribution in [0.15, 0.2) is 24.3 Å². The maximum absolute atomic E-state index is 8.94. The quantitative estimate of drug-likeness (QED) is 0.575. The van der Waals surface area contributed by atoms with Gasteiger partial charge in [-0.2, -0.15) is 0 Å². The Morgan fingerprint density at radius 3 is 2.85 bits per heavy atom. The first kappa shape index (κ1) is 10.1. The molecule has 0 saturated heterocycles. The van der Waals surface area contributed by atoms with Gasteiger partial charge in [-0.1, -0.05) is 18.2 Å². The number of aliphatic hydroxyl groups excluding tert-OH is 1. The molecule has 3 N–H and O–H groups in total. The van der Waals surface area contributed by atoms with Crippen molar-refractivity contribution in [2.24, 2.45) is 0 Å². The third-order valence-electron chi connectivity index (χ3n) is 1.74. The van der Waals surface area contributed by atoms with E-state index >= 15 is 0 Å². The molecule has 0 radical (unpaired) electrons. The van der Waals surface area contributed by atoms with Crippen LogP contribution in [0.3, 0.4) is 0 Å². The lowest BCUT2D eigenvalue weighted by molar-refractivity contribution is 0.282. The molecule has 0 aromatic heterocycles. The van der Waals surface area contributed by atoms with Crippen molar-refractivity contribution >= 4 is 23.4 Å². The number of rotatable bonds is 3. The number of nitrogens with two attached hydrogens (primary N) is 1. The van der Waals surface area contributed by atoms with Gasteiger partial charge in [-0.3, -0.25) is 0 Å². The average molecular weight is 198 g/mol. The Balaban J connectivity index is 2.92. The van der Waals surface area contributed by atoms with Gasteiger partial charge in [0.2, 0.25) is 0 Å². The molecule has 0 atom stereocenters. The van der Waals surface area contributed by atoms with Crippen molar-refractivity contribution in [2.45, 2.75) is 6.61 Å². The lowest BCUT2D eigenvalue weighted by Gasteiger charge is -2.02. The van der Waals surface area contributed by atoms with Crippen molar-refractivity contribution in [2.75, 3.05) is 11.6 Å². The molecule has 1 aromatic rings. The molecule has 0 spiro atoms. The standard InChI is InChI=1S/C10H12ClNO/c11-5-1-2-8-3-4-10(12)9(6-8)7-13/h1-4,6,13H,5,7,12H2. The van der Waals surface area contributed by atoms with E-state index in [1.165, 1.54) is 0 Å². The summed E-state index contributed by atoms with van der Waals surface area (Å²) in [4.78, 5) is 0. The molecule has 2 nitrogen and oxygen atoms in total. The van der Waals surface area contributed by atoms with E-state index in [9.17, 15) is 0 Å². The first-order chi connectivity index (χ1) is 6.27. The summed E-state index contributed by atoms with van der Waals surface area (Å²) in [6, 6.07) is 5.51. The molecule has 0 aliphatic heterocycles. The van der Waals surface area contributed by atoms with Gasteiger partial charge in [0, 0.05) is 17.1 Å². The third kappa shape index (κ3) is 2.76. The Labute approximate surface area is 82.6 Å². The predicted octanol–water partition coefficient (Wildman–Crippen LogP) is 2.01. The molecule has 1 rings (SSSR count). The molecule has 0 bridgehead atoms. The fourth-order valence-corrected chi connectivity index (χ4v) is 1.14. The van der Waals surface area contributed by atoms with Crippen LogP contribution < -0.4 is 5.73 Å². The van der Waals surface area contributed by atoms with Crippen molar-refractivity contribution in [3.8, 4) is 0 Å². The highest BCUT2D eigenvalue weighted by Crippen LogP contribution is 2.15. The van der Waals surface area contributed by atoms with Crippen LogP contribution in [0.2, 0.25) is 0 Å². The van der Waals surface area contributed by atoms with Gasteiger partial charge in [-0.25, -0.2) is 0 Å². The van der Waals surface area contributed by atoms with Gasteiger partial charge < -0.3 is 10.8 Å². The van der Waals surface area contributed by atoms with Gasteiger partial charge in [-0.05, 0) is 17.7 Å². The monoisotopic (exact) mass is 197 g/mol. The van der Waals surface area contributed by atoms with Crippen molar-refractivity contribution in [3.63, 3.8) is 0 Å². The molecular weight excluding hydrogens is 186 g/mol. The second-order valence-corrected chi connectivity index (χ2v) is 2.98. The summed E-state index contributed by atoms with van der Waals surface area (Å²) in [6.45, 7) is -0.0333. The normalized spacial score (nSPS) is 10.9. The maximum atomic E-state index is 8.94. The van der Waals surface area contributed by atoms with Crippen LogP contribution in [0.5, 0.6) is 0 Å². The van der Waals surface area contributed by atoms with Crippen molar-refractivity contribution in [1.82, 2.24) is 0 Å². The second kappa shape index (κ2) is 4.90. The van der Waals surface area contributed by atoms with Crippen molar-refractivity contribution in [3.05, 3.63) is 35.4 Å². The molecule has 0 aliphatic rings. The van der Waals surface area contributed by atoms with Gasteiger partial charge in [-0.15, -0.1) is 11.6 Å². The van der Waals surface area contributed by atoms with Crippen LogP contribution in [-0.2, 0) is 6.61 Å². The number of halogens is 1. The topological polar surface area (TPSA) is 46.2 Å². The van der Waals surface area contributed by atoms with Crippen molar-refractivity contribution in [1.29, 1.82) is 0 Å². The minimum absolute atomic E-state index is 0.0333. The van der Waals surface area contributed by atoms with E-state index < -0.39 is 0 Å². The van der Waals surface area contributed by atoms with Crippen LogP contribution in [0, 0.1) is 0 Å². The van der Waals surface area contributed by atoms with Gasteiger partial charge in [0.15, 0.2) is 0 Å². The fourth-order valence-electron chi connectivity index (χ4n) is 1.05. The summed E-state index contributed by atoms with van der Waals surface area (Å²) in [5.74, 6) is 0.485. The molecule has 0 aliphatic carbocycles. The minimum atomic E-state index is -0.0333. The van der Waals surface area contributed by atoms with E-state index in [2.05, 4.69) is 0 Å². The smallest absolute Gasteiger partial charge is 0.0702 e. The lowest BCUT2D eigenvalue weighted by atomic mass is 10.1. The highest BCUT2D eigenvalue weighted by molar-refractivity contribution is 6.19. The fraction of sp³-hybridized carbons (Fsp3) is 0.200. The zero-order valence-electron chi connectivity index (χ0n) is 7.20. The first-order valence-corrected chi connectivity index (χ1v) is 4.53. The second-order valence-electron chi connectivity index (χ2n) is 2.67.